The summed E-state index contributed by atoms with van der Waals surface area (Å²) in [5.41, 5.74) is -1.17. The smallest absolute Gasteiger partial charge is 0.271 e. The average molecular weight is 305 g/mol. The summed E-state index contributed by atoms with van der Waals surface area (Å²) < 4.78 is 25.0. The van der Waals surface area contributed by atoms with Crippen LogP contribution in [0.15, 0.2) is 10.7 Å². The van der Waals surface area contributed by atoms with Gasteiger partial charge in [0, 0.05) is 0 Å². The van der Waals surface area contributed by atoms with Crippen molar-refractivity contribution in [3.63, 3.8) is 0 Å². The molecule has 0 aliphatic rings. The van der Waals surface area contributed by atoms with Gasteiger partial charge in [-0.2, -0.15) is 0 Å². The Morgan fingerprint density at radius 3 is 2.57 bits per heavy atom. The van der Waals surface area contributed by atoms with Crippen LogP contribution < -0.4 is 0 Å². The van der Waals surface area contributed by atoms with Crippen molar-refractivity contribution >= 4 is 44.4 Å². The molecule has 0 N–H and O–H groups in total. The number of nitrogens with zero attached hydrogens (tertiary/aromatic N) is 1. The van der Waals surface area contributed by atoms with Gasteiger partial charge in [-0.05, 0) is 33.6 Å². The molecule has 1 aromatic rings. The molecule has 2 nitrogen and oxygen atoms in total. The zero-order valence-corrected chi connectivity index (χ0v) is 9.50. The predicted octanol–water partition coefficient (Wildman–Crippen LogP) is 3.81. The molecule has 0 atom stereocenters. The fraction of sp³-hybridized carbons (Fsp3) is 0.143. The van der Waals surface area contributed by atoms with E-state index in [4.69, 9.17) is 23.2 Å². The fourth-order valence-electron chi connectivity index (χ4n) is 0.852. The van der Waals surface area contributed by atoms with Crippen molar-refractivity contribution < 1.29 is 13.6 Å². The van der Waals surface area contributed by atoms with Gasteiger partial charge in [0.15, 0.2) is 0 Å². The van der Waals surface area contributed by atoms with Gasteiger partial charge in [0.05, 0.1) is 10.6 Å². The molecule has 0 fully saturated rings. The van der Waals surface area contributed by atoms with E-state index in [0.717, 1.165) is 0 Å². The molecule has 0 radical (unpaired) electrons. The van der Waals surface area contributed by atoms with Crippen molar-refractivity contribution in [3.8, 4) is 0 Å². The van der Waals surface area contributed by atoms with Gasteiger partial charge >= 0.3 is 0 Å². The summed E-state index contributed by atoms with van der Waals surface area (Å²) in [6.07, 6.45) is -2.89. The van der Waals surface area contributed by atoms with E-state index in [1.54, 1.807) is 0 Å². The summed E-state index contributed by atoms with van der Waals surface area (Å²) in [5.74, 6) is 0. The second kappa shape index (κ2) is 4.51. The Balaban J connectivity index is 3.44. The van der Waals surface area contributed by atoms with E-state index < -0.39 is 22.9 Å². The standard InChI is InChI=1S/C7H2BrCl2F2NO/c8-3-1-2(9)4(7(11)12)5(13-3)6(10)14/h1,7H. The summed E-state index contributed by atoms with van der Waals surface area (Å²) in [7, 11) is 0. The van der Waals surface area contributed by atoms with E-state index in [9.17, 15) is 13.6 Å². The maximum atomic E-state index is 12.4. The molecule has 0 saturated carbocycles. The van der Waals surface area contributed by atoms with Crippen LogP contribution in [0.2, 0.25) is 5.02 Å². The van der Waals surface area contributed by atoms with Crippen LogP contribution in [-0.2, 0) is 0 Å². The quantitative estimate of drug-likeness (QED) is 0.614. The van der Waals surface area contributed by atoms with Gasteiger partial charge in [-0.25, -0.2) is 13.8 Å². The van der Waals surface area contributed by atoms with Crippen molar-refractivity contribution in [1.29, 1.82) is 0 Å². The average Bonchev–Trinajstić information content (AvgIpc) is 2.01. The van der Waals surface area contributed by atoms with Crippen LogP contribution in [0, 0.1) is 0 Å². The number of hydrogen-bond donors (Lipinski definition) is 0. The normalized spacial score (nSPS) is 10.7. The third-order valence-corrected chi connectivity index (χ3v) is 2.28. The molecular formula is C7H2BrCl2F2NO. The third kappa shape index (κ3) is 2.40. The molecule has 0 bridgehead atoms. The van der Waals surface area contributed by atoms with Crippen molar-refractivity contribution in [2.75, 3.05) is 0 Å². The summed E-state index contributed by atoms with van der Waals surface area (Å²) >= 11 is 13.5. The van der Waals surface area contributed by atoms with E-state index in [1.807, 2.05) is 0 Å². The molecule has 0 saturated heterocycles. The van der Waals surface area contributed by atoms with Crippen LogP contribution in [0.5, 0.6) is 0 Å². The highest BCUT2D eigenvalue weighted by Gasteiger charge is 2.22. The highest BCUT2D eigenvalue weighted by molar-refractivity contribution is 9.10. The number of aromatic nitrogens is 1. The minimum Gasteiger partial charge on any atom is -0.274 e. The fourth-order valence-corrected chi connectivity index (χ4v) is 1.81. The van der Waals surface area contributed by atoms with Gasteiger partial charge in [-0.3, -0.25) is 4.79 Å². The van der Waals surface area contributed by atoms with Crippen LogP contribution in [0.3, 0.4) is 0 Å². The molecule has 7 heteroatoms. The molecule has 0 unspecified atom stereocenters. The molecule has 0 aliphatic carbocycles. The van der Waals surface area contributed by atoms with Gasteiger partial charge in [0.1, 0.15) is 10.3 Å². The first-order valence-electron chi connectivity index (χ1n) is 3.27. The van der Waals surface area contributed by atoms with E-state index in [-0.39, 0.29) is 9.63 Å². The summed E-state index contributed by atoms with van der Waals surface area (Å²) in [6, 6.07) is 1.17. The van der Waals surface area contributed by atoms with E-state index in [0.29, 0.717) is 0 Å². The molecule has 0 aromatic carbocycles. The highest BCUT2D eigenvalue weighted by atomic mass is 79.9. The number of alkyl halides is 2. The second-order valence-electron chi connectivity index (χ2n) is 2.26. The summed E-state index contributed by atoms with van der Waals surface area (Å²) in [5, 5.41) is -1.31. The van der Waals surface area contributed by atoms with Gasteiger partial charge in [-0.1, -0.05) is 11.6 Å². The number of halogens is 5. The Hall–Kier alpha value is -0.260. The van der Waals surface area contributed by atoms with Crippen LogP contribution in [0.25, 0.3) is 0 Å². The lowest BCUT2D eigenvalue weighted by Crippen LogP contribution is -2.03. The first kappa shape index (κ1) is 11.8. The lowest BCUT2D eigenvalue weighted by molar-refractivity contribution is 0.106. The first-order valence-corrected chi connectivity index (χ1v) is 4.82. The van der Waals surface area contributed by atoms with E-state index >= 15 is 0 Å². The molecule has 1 rings (SSSR count). The van der Waals surface area contributed by atoms with Crippen LogP contribution >= 0.6 is 39.1 Å². The Kier molecular flexibility index (Phi) is 3.80. The second-order valence-corrected chi connectivity index (χ2v) is 3.83. The lowest BCUT2D eigenvalue weighted by atomic mass is 10.2. The number of carbonyl (C=O) groups excluding carboxylic acids is 1. The predicted molar refractivity (Wildman–Crippen MR) is 52.1 cm³/mol. The Morgan fingerprint density at radius 1 is 1.57 bits per heavy atom. The Bertz CT molecular complexity index is 386. The molecule has 0 spiro atoms. The molecule has 1 aromatic heterocycles. The zero-order valence-electron chi connectivity index (χ0n) is 6.40. The highest BCUT2D eigenvalue weighted by Crippen LogP contribution is 2.31. The number of hydrogen-bond acceptors (Lipinski definition) is 2. The molecule has 1 heterocycles. The number of pyridine rings is 1. The number of rotatable bonds is 2. The lowest BCUT2D eigenvalue weighted by Gasteiger charge is -2.06. The molecule has 0 aliphatic heterocycles. The van der Waals surface area contributed by atoms with Crippen molar-refractivity contribution in [1.82, 2.24) is 4.98 Å². The topological polar surface area (TPSA) is 30.0 Å². The molecule has 0 amide bonds. The summed E-state index contributed by atoms with van der Waals surface area (Å²) in [6.45, 7) is 0. The van der Waals surface area contributed by atoms with Gasteiger partial charge in [0.2, 0.25) is 0 Å². The third-order valence-electron chi connectivity index (χ3n) is 1.38. The zero-order chi connectivity index (χ0) is 10.9. The van der Waals surface area contributed by atoms with Crippen molar-refractivity contribution in [2.24, 2.45) is 0 Å². The van der Waals surface area contributed by atoms with Crippen LogP contribution in [-0.4, -0.2) is 10.2 Å². The molecule has 76 valence electrons. The Morgan fingerprint density at radius 2 is 2.14 bits per heavy atom. The first-order chi connectivity index (χ1) is 6.43. The maximum absolute atomic E-state index is 12.4. The maximum Gasteiger partial charge on any atom is 0.271 e. The number of carbonyl (C=O) groups is 1. The summed E-state index contributed by atoms with van der Waals surface area (Å²) in [4.78, 5) is 14.3. The van der Waals surface area contributed by atoms with E-state index in [1.165, 1.54) is 6.07 Å². The molecule has 14 heavy (non-hydrogen) atoms. The van der Waals surface area contributed by atoms with Crippen molar-refractivity contribution in [3.05, 3.63) is 26.9 Å². The van der Waals surface area contributed by atoms with E-state index in [2.05, 4.69) is 20.9 Å². The minimum atomic E-state index is -2.89. The Labute approximate surface area is 96.3 Å². The van der Waals surface area contributed by atoms with Crippen molar-refractivity contribution in [2.45, 2.75) is 6.43 Å². The molecular weight excluding hydrogens is 303 g/mol. The van der Waals surface area contributed by atoms with Gasteiger partial charge in [0.25, 0.3) is 11.7 Å². The monoisotopic (exact) mass is 303 g/mol. The largest absolute Gasteiger partial charge is 0.274 e. The minimum absolute atomic E-state index is 0.177. The van der Waals surface area contributed by atoms with Gasteiger partial charge in [-0.15, -0.1) is 0 Å². The van der Waals surface area contributed by atoms with Crippen LogP contribution in [0.1, 0.15) is 22.5 Å². The van der Waals surface area contributed by atoms with Crippen LogP contribution in [0.4, 0.5) is 8.78 Å². The SMILES string of the molecule is O=C(Cl)c1nc(Br)cc(Cl)c1C(F)F. The van der Waals surface area contributed by atoms with Gasteiger partial charge < -0.3 is 0 Å².